The second-order valence-corrected chi connectivity index (χ2v) is 7.28. The highest BCUT2D eigenvalue weighted by atomic mass is 35.5. The van der Waals surface area contributed by atoms with Crippen molar-refractivity contribution in [2.75, 3.05) is 5.73 Å². The highest BCUT2D eigenvalue weighted by Gasteiger charge is 2.17. The molecule has 0 heterocycles. The number of carbonyl (C=O) groups excluding carboxylic acids is 2. The fourth-order valence-electron chi connectivity index (χ4n) is 2.82. The maximum Gasteiger partial charge on any atom is 0.336 e. The van der Waals surface area contributed by atoms with E-state index in [1.165, 1.54) is 36.4 Å². The summed E-state index contributed by atoms with van der Waals surface area (Å²) in [6.45, 7) is -0.0598. The molecule has 3 rings (SSSR count). The van der Waals surface area contributed by atoms with Crippen LogP contribution in [0.3, 0.4) is 0 Å². The molecule has 0 saturated heterocycles. The van der Waals surface area contributed by atoms with E-state index < -0.39 is 11.9 Å². The first-order valence-corrected chi connectivity index (χ1v) is 9.51. The van der Waals surface area contributed by atoms with Crippen LogP contribution >= 0.6 is 23.2 Å². The van der Waals surface area contributed by atoms with Gasteiger partial charge in [-0.05, 0) is 54.1 Å². The Morgan fingerprint density at radius 1 is 0.867 bits per heavy atom. The van der Waals surface area contributed by atoms with Crippen molar-refractivity contribution in [1.29, 1.82) is 0 Å². The molecule has 0 saturated carbocycles. The number of amides is 1. The number of nitrogen functional groups attached to an aromatic ring is 1. The summed E-state index contributed by atoms with van der Waals surface area (Å²) in [4.78, 5) is 36.7. The minimum Gasteiger partial charge on any atom is -0.478 e. The Morgan fingerprint density at radius 2 is 1.53 bits per heavy atom. The molecule has 0 spiro atoms. The van der Waals surface area contributed by atoms with Gasteiger partial charge >= 0.3 is 5.97 Å². The molecule has 4 N–H and O–H groups in total. The number of carboxylic acid groups (broad SMARTS) is 1. The lowest BCUT2D eigenvalue weighted by Gasteiger charge is -2.11. The molecule has 0 atom stereocenters. The standard InChI is InChI=1S/C22H16Cl2N2O4/c23-15-5-8-17(19(24)10-15)21(28)26-11-14-2-1-13(9-18(14)22(29)30)20(27)12-3-6-16(25)7-4-12/h1-10H,11,25H2,(H,26,28)(H,29,30). The molecule has 152 valence electrons. The Morgan fingerprint density at radius 3 is 2.17 bits per heavy atom. The molecule has 0 aliphatic carbocycles. The predicted molar refractivity (Wildman–Crippen MR) is 115 cm³/mol. The van der Waals surface area contributed by atoms with Gasteiger partial charge in [-0.15, -0.1) is 0 Å². The maximum absolute atomic E-state index is 12.6. The van der Waals surface area contributed by atoms with Crippen molar-refractivity contribution in [2.45, 2.75) is 6.54 Å². The Kier molecular flexibility index (Phi) is 6.40. The molecule has 6 nitrogen and oxygen atoms in total. The molecular formula is C22H16Cl2N2O4. The van der Waals surface area contributed by atoms with Gasteiger partial charge in [0.25, 0.3) is 5.91 Å². The highest BCUT2D eigenvalue weighted by Crippen LogP contribution is 2.21. The maximum atomic E-state index is 12.6. The van der Waals surface area contributed by atoms with Crippen LogP contribution in [0.1, 0.15) is 42.2 Å². The second kappa shape index (κ2) is 8.98. The molecule has 3 aromatic rings. The fourth-order valence-corrected chi connectivity index (χ4v) is 3.31. The van der Waals surface area contributed by atoms with Crippen LogP contribution in [-0.4, -0.2) is 22.8 Å². The number of hydrogen-bond donors (Lipinski definition) is 3. The third-order valence-corrected chi connectivity index (χ3v) is 4.94. The monoisotopic (exact) mass is 442 g/mol. The minimum absolute atomic E-state index is 0.0598. The van der Waals surface area contributed by atoms with E-state index in [0.29, 0.717) is 21.8 Å². The molecule has 0 bridgehead atoms. The fraction of sp³-hybridized carbons (Fsp3) is 0.0455. The van der Waals surface area contributed by atoms with E-state index in [-0.39, 0.29) is 34.0 Å². The lowest BCUT2D eigenvalue weighted by atomic mass is 9.98. The number of carboxylic acids is 1. The molecule has 8 heteroatoms. The number of carbonyl (C=O) groups is 3. The van der Waals surface area contributed by atoms with E-state index in [1.807, 2.05) is 0 Å². The van der Waals surface area contributed by atoms with Crippen LogP contribution in [0.15, 0.2) is 60.7 Å². The summed E-state index contributed by atoms with van der Waals surface area (Å²) in [6.07, 6.45) is 0. The minimum atomic E-state index is -1.21. The summed E-state index contributed by atoms with van der Waals surface area (Å²) in [5.41, 5.74) is 7.22. The van der Waals surface area contributed by atoms with Gasteiger partial charge in [0, 0.05) is 28.4 Å². The van der Waals surface area contributed by atoms with Gasteiger partial charge in [0.2, 0.25) is 0 Å². The van der Waals surface area contributed by atoms with Crippen LogP contribution in [0.2, 0.25) is 10.0 Å². The molecule has 3 aromatic carbocycles. The largest absolute Gasteiger partial charge is 0.478 e. The van der Waals surface area contributed by atoms with Crippen molar-refractivity contribution in [3.63, 3.8) is 0 Å². The Hall–Kier alpha value is -3.35. The number of aromatic carboxylic acids is 1. The van der Waals surface area contributed by atoms with E-state index >= 15 is 0 Å². The van der Waals surface area contributed by atoms with E-state index in [9.17, 15) is 19.5 Å². The SMILES string of the molecule is Nc1ccc(C(=O)c2ccc(CNC(=O)c3ccc(Cl)cc3Cl)c(C(=O)O)c2)cc1. The first-order valence-electron chi connectivity index (χ1n) is 8.76. The van der Waals surface area contributed by atoms with Crippen LogP contribution in [0.25, 0.3) is 0 Å². The Labute approximate surface area is 182 Å². The summed E-state index contributed by atoms with van der Waals surface area (Å²) >= 11 is 11.9. The van der Waals surface area contributed by atoms with Crippen LogP contribution in [0.5, 0.6) is 0 Å². The van der Waals surface area contributed by atoms with E-state index in [4.69, 9.17) is 28.9 Å². The summed E-state index contributed by atoms with van der Waals surface area (Å²) in [5.74, 6) is -2.02. The number of hydrogen-bond acceptors (Lipinski definition) is 4. The molecule has 0 aromatic heterocycles. The van der Waals surface area contributed by atoms with Crippen molar-refractivity contribution < 1.29 is 19.5 Å². The van der Waals surface area contributed by atoms with Crippen molar-refractivity contribution in [3.05, 3.63) is 98.5 Å². The predicted octanol–water partition coefficient (Wildman–Crippen LogP) is 4.43. The third kappa shape index (κ3) is 4.79. The van der Waals surface area contributed by atoms with Crippen molar-refractivity contribution in [1.82, 2.24) is 5.32 Å². The van der Waals surface area contributed by atoms with Gasteiger partial charge in [-0.2, -0.15) is 0 Å². The quantitative estimate of drug-likeness (QED) is 0.386. The van der Waals surface area contributed by atoms with Crippen LogP contribution < -0.4 is 11.1 Å². The van der Waals surface area contributed by atoms with Gasteiger partial charge in [0.1, 0.15) is 0 Å². The normalized spacial score (nSPS) is 10.5. The van der Waals surface area contributed by atoms with Gasteiger partial charge in [0.05, 0.1) is 16.1 Å². The smallest absolute Gasteiger partial charge is 0.336 e. The average molecular weight is 443 g/mol. The van der Waals surface area contributed by atoms with Crippen molar-refractivity contribution in [3.8, 4) is 0 Å². The number of anilines is 1. The van der Waals surface area contributed by atoms with Gasteiger partial charge in [-0.1, -0.05) is 35.3 Å². The van der Waals surface area contributed by atoms with E-state index in [0.717, 1.165) is 0 Å². The Balaban J connectivity index is 1.81. The number of rotatable bonds is 6. The molecule has 0 fully saturated rings. The van der Waals surface area contributed by atoms with E-state index in [2.05, 4.69) is 5.32 Å². The topological polar surface area (TPSA) is 109 Å². The molecule has 0 unspecified atom stereocenters. The Bertz CT molecular complexity index is 1140. The van der Waals surface area contributed by atoms with Crippen LogP contribution in [0, 0.1) is 0 Å². The summed E-state index contributed by atoms with van der Waals surface area (Å²) in [5, 5.41) is 12.8. The lowest BCUT2D eigenvalue weighted by molar-refractivity contribution is 0.0694. The van der Waals surface area contributed by atoms with Crippen LogP contribution in [-0.2, 0) is 6.54 Å². The summed E-state index contributed by atoms with van der Waals surface area (Å²) in [6, 6.07) is 15.1. The number of nitrogens with two attached hydrogens (primary N) is 1. The summed E-state index contributed by atoms with van der Waals surface area (Å²) < 4.78 is 0. The molecule has 0 aliphatic heterocycles. The molecule has 0 radical (unpaired) electrons. The average Bonchev–Trinajstić information content (AvgIpc) is 2.72. The zero-order chi connectivity index (χ0) is 21.8. The van der Waals surface area contributed by atoms with Gasteiger partial charge < -0.3 is 16.2 Å². The number of halogens is 2. The summed E-state index contributed by atoms with van der Waals surface area (Å²) in [7, 11) is 0. The highest BCUT2D eigenvalue weighted by molar-refractivity contribution is 6.36. The van der Waals surface area contributed by atoms with Crippen molar-refractivity contribution >= 4 is 46.5 Å². The second-order valence-electron chi connectivity index (χ2n) is 6.44. The molecule has 1 amide bonds. The first kappa shape index (κ1) is 21.4. The van der Waals surface area contributed by atoms with Gasteiger partial charge in [-0.25, -0.2) is 4.79 Å². The van der Waals surface area contributed by atoms with E-state index in [1.54, 1.807) is 24.3 Å². The van der Waals surface area contributed by atoms with Crippen LogP contribution in [0.4, 0.5) is 5.69 Å². The number of ketones is 1. The molecular weight excluding hydrogens is 427 g/mol. The third-order valence-electron chi connectivity index (χ3n) is 4.39. The van der Waals surface area contributed by atoms with Gasteiger partial charge in [0.15, 0.2) is 5.78 Å². The lowest BCUT2D eigenvalue weighted by Crippen LogP contribution is -2.24. The molecule has 0 aliphatic rings. The zero-order valence-electron chi connectivity index (χ0n) is 15.5. The number of nitrogens with one attached hydrogen (secondary N) is 1. The van der Waals surface area contributed by atoms with Crippen molar-refractivity contribution in [2.24, 2.45) is 0 Å². The zero-order valence-corrected chi connectivity index (χ0v) is 17.0. The molecule has 30 heavy (non-hydrogen) atoms. The first-order chi connectivity index (χ1) is 14.3. The number of benzene rings is 3. The van der Waals surface area contributed by atoms with Gasteiger partial charge in [-0.3, -0.25) is 9.59 Å².